The zero-order chi connectivity index (χ0) is 15.7. The predicted octanol–water partition coefficient (Wildman–Crippen LogP) is 4.59. The van der Waals surface area contributed by atoms with Gasteiger partial charge in [-0.3, -0.25) is 4.79 Å². The van der Waals surface area contributed by atoms with E-state index in [0.717, 1.165) is 16.5 Å². The van der Waals surface area contributed by atoms with Gasteiger partial charge in [-0.05, 0) is 43.7 Å². The van der Waals surface area contributed by atoms with Gasteiger partial charge in [-0.15, -0.1) is 0 Å². The molecule has 0 N–H and O–H groups in total. The number of hydrogen-bond acceptors (Lipinski definition) is 4. The molecule has 0 atom stereocenters. The highest BCUT2D eigenvalue weighted by Crippen LogP contribution is 2.33. The number of hydrogen-bond donors (Lipinski definition) is 0. The number of carbonyl (C=O) groups excluding carboxylic acids is 1. The van der Waals surface area contributed by atoms with Crippen LogP contribution in [-0.4, -0.2) is 15.8 Å². The van der Waals surface area contributed by atoms with E-state index in [1.54, 1.807) is 18.2 Å². The van der Waals surface area contributed by atoms with Crippen LogP contribution in [0.4, 0.5) is 0 Å². The van der Waals surface area contributed by atoms with E-state index in [2.05, 4.69) is 9.97 Å². The number of rotatable bonds is 3. The maximum Gasteiger partial charge on any atom is 0.230 e. The molecule has 1 aromatic heterocycles. The molecule has 0 unspecified atom stereocenters. The van der Waals surface area contributed by atoms with Crippen LogP contribution in [0.2, 0.25) is 5.02 Å². The number of ketones is 1. The van der Waals surface area contributed by atoms with E-state index in [-0.39, 0.29) is 5.78 Å². The summed E-state index contributed by atoms with van der Waals surface area (Å²) >= 11 is 6.19. The largest absolute Gasteiger partial charge is 0.437 e. The maximum atomic E-state index is 11.4. The number of halogens is 1. The number of fused-ring (bicyclic) bond motifs is 1. The molecule has 0 bridgehead atoms. The Morgan fingerprint density at radius 1 is 1.18 bits per heavy atom. The molecule has 4 nitrogen and oxygen atoms in total. The predicted molar refractivity (Wildman–Crippen MR) is 85.8 cm³/mol. The molecule has 0 aliphatic rings. The Morgan fingerprint density at radius 2 is 2.00 bits per heavy atom. The van der Waals surface area contributed by atoms with Crippen LogP contribution in [0.25, 0.3) is 10.9 Å². The lowest BCUT2D eigenvalue weighted by Crippen LogP contribution is -1.96. The lowest BCUT2D eigenvalue weighted by atomic mass is 10.1. The number of nitrogens with zero attached hydrogens (tertiary/aromatic N) is 2. The molecule has 3 rings (SSSR count). The number of benzene rings is 2. The van der Waals surface area contributed by atoms with E-state index in [0.29, 0.717) is 22.2 Å². The van der Waals surface area contributed by atoms with Crippen molar-refractivity contribution in [2.24, 2.45) is 0 Å². The Balaban J connectivity index is 2.06. The molecule has 2 aromatic carbocycles. The third-order valence-corrected chi connectivity index (χ3v) is 3.68. The number of aryl methyl sites for hydroxylation is 1. The molecule has 1 heterocycles. The van der Waals surface area contributed by atoms with Crippen LogP contribution in [0.1, 0.15) is 22.8 Å². The first kappa shape index (κ1) is 14.5. The quantitative estimate of drug-likeness (QED) is 0.664. The van der Waals surface area contributed by atoms with Gasteiger partial charge in [0, 0.05) is 5.56 Å². The number of aromatic nitrogens is 2. The molecule has 0 fully saturated rings. The second-order valence-corrected chi connectivity index (χ2v) is 5.36. The van der Waals surface area contributed by atoms with Crippen molar-refractivity contribution < 1.29 is 9.53 Å². The average Bonchev–Trinajstić information content (AvgIpc) is 2.49. The van der Waals surface area contributed by atoms with Crippen LogP contribution in [0, 0.1) is 6.92 Å². The second kappa shape index (κ2) is 5.73. The van der Waals surface area contributed by atoms with Crippen molar-refractivity contribution in [3.8, 4) is 11.6 Å². The van der Waals surface area contributed by atoms with Gasteiger partial charge in [0.2, 0.25) is 5.88 Å². The molecular formula is C17H13ClN2O2. The average molecular weight is 313 g/mol. The lowest BCUT2D eigenvalue weighted by molar-refractivity contribution is 0.101. The van der Waals surface area contributed by atoms with Crippen molar-refractivity contribution in [1.29, 1.82) is 0 Å². The molecule has 0 saturated heterocycles. The minimum Gasteiger partial charge on any atom is -0.437 e. The summed E-state index contributed by atoms with van der Waals surface area (Å²) in [5.41, 5.74) is 2.37. The summed E-state index contributed by atoms with van der Waals surface area (Å²) in [7, 11) is 0. The minimum atomic E-state index is -0.0446. The highest BCUT2D eigenvalue weighted by atomic mass is 35.5. The van der Waals surface area contributed by atoms with Crippen molar-refractivity contribution in [2.45, 2.75) is 13.8 Å². The highest BCUT2D eigenvalue weighted by molar-refractivity contribution is 6.32. The summed E-state index contributed by atoms with van der Waals surface area (Å²) in [4.78, 5) is 19.8. The number of ether oxygens (including phenoxy) is 1. The van der Waals surface area contributed by atoms with Gasteiger partial charge in [-0.2, -0.15) is 0 Å². The zero-order valence-electron chi connectivity index (χ0n) is 12.1. The van der Waals surface area contributed by atoms with Crippen LogP contribution in [-0.2, 0) is 0 Å². The standard InChI is InChI=1S/C17H13ClN2O2/c1-10-4-3-5-14-16(10)17(20-9-19-14)22-15-7-6-12(11(2)21)8-13(15)18/h3-9H,1-2H3. The van der Waals surface area contributed by atoms with Gasteiger partial charge in [-0.25, -0.2) is 9.97 Å². The van der Waals surface area contributed by atoms with Crippen LogP contribution in [0.3, 0.4) is 0 Å². The van der Waals surface area contributed by atoms with Crippen LogP contribution < -0.4 is 4.74 Å². The van der Waals surface area contributed by atoms with Crippen LogP contribution in [0.15, 0.2) is 42.7 Å². The number of Topliss-reactive ketones (excluding diaryl/α,β-unsaturated/α-hetero) is 1. The Morgan fingerprint density at radius 3 is 2.73 bits per heavy atom. The van der Waals surface area contributed by atoms with Gasteiger partial charge < -0.3 is 4.74 Å². The summed E-state index contributed by atoms with van der Waals surface area (Å²) < 4.78 is 5.84. The summed E-state index contributed by atoms with van der Waals surface area (Å²) in [5.74, 6) is 0.854. The third kappa shape index (κ3) is 2.65. The van der Waals surface area contributed by atoms with Gasteiger partial charge in [0.05, 0.1) is 15.9 Å². The molecule has 5 heteroatoms. The van der Waals surface area contributed by atoms with Crippen LogP contribution >= 0.6 is 11.6 Å². The third-order valence-electron chi connectivity index (χ3n) is 3.38. The highest BCUT2D eigenvalue weighted by Gasteiger charge is 2.12. The van der Waals surface area contributed by atoms with Crippen molar-refractivity contribution in [3.05, 3.63) is 58.9 Å². The molecule has 0 aliphatic carbocycles. The van der Waals surface area contributed by atoms with Crippen molar-refractivity contribution in [1.82, 2.24) is 9.97 Å². The van der Waals surface area contributed by atoms with Crippen LogP contribution in [0.5, 0.6) is 11.6 Å². The molecule has 22 heavy (non-hydrogen) atoms. The van der Waals surface area contributed by atoms with Gasteiger partial charge in [0.25, 0.3) is 0 Å². The Bertz CT molecular complexity index is 872. The SMILES string of the molecule is CC(=O)c1ccc(Oc2ncnc3cccc(C)c23)c(Cl)c1. The first-order valence-electron chi connectivity index (χ1n) is 6.75. The van der Waals surface area contributed by atoms with Crippen molar-refractivity contribution in [3.63, 3.8) is 0 Å². The summed E-state index contributed by atoms with van der Waals surface area (Å²) in [6, 6.07) is 10.7. The van der Waals surface area contributed by atoms with Gasteiger partial charge in [-0.1, -0.05) is 23.7 Å². The summed E-state index contributed by atoms with van der Waals surface area (Å²) in [6.45, 7) is 3.46. The van der Waals surface area contributed by atoms with E-state index in [4.69, 9.17) is 16.3 Å². The van der Waals surface area contributed by atoms with Crippen molar-refractivity contribution >= 4 is 28.3 Å². The monoisotopic (exact) mass is 312 g/mol. The second-order valence-electron chi connectivity index (χ2n) is 4.95. The molecule has 0 amide bonds. The Hall–Kier alpha value is -2.46. The van der Waals surface area contributed by atoms with E-state index in [1.165, 1.54) is 13.3 Å². The molecule has 0 aliphatic heterocycles. The molecule has 3 aromatic rings. The normalized spacial score (nSPS) is 10.7. The van der Waals surface area contributed by atoms with Gasteiger partial charge in [0.1, 0.15) is 12.1 Å². The minimum absolute atomic E-state index is 0.0446. The lowest BCUT2D eigenvalue weighted by Gasteiger charge is -2.10. The zero-order valence-corrected chi connectivity index (χ0v) is 12.9. The Labute approximate surface area is 132 Å². The maximum absolute atomic E-state index is 11.4. The van der Waals surface area contributed by atoms with Gasteiger partial charge in [0.15, 0.2) is 5.78 Å². The first-order valence-corrected chi connectivity index (χ1v) is 7.12. The van der Waals surface area contributed by atoms with E-state index in [9.17, 15) is 4.79 Å². The van der Waals surface area contributed by atoms with Crippen molar-refractivity contribution in [2.75, 3.05) is 0 Å². The smallest absolute Gasteiger partial charge is 0.230 e. The summed E-state index contributed by atoms with van der Waals surface area (Å²) in [6.07, 6.45) is 1.45. The van der Waals surface area contributed by atoms with Gasteiger partial charge >= 0.3 is 0 Å². The first-order chi connectivity index (χ1) is 10.6. The fourth-order valence-electron chi connectivity index (χ4n) is 2.23. The molecule has 0 saturated carbocycles. The fraction of sp³-hybridized carbons (Fsp3) is 0.118. The molecule has 110 valence electrons. The van der Waals surface area contributed by atoms with E-state index >= 15 is 0 Å². The van der Waals surface area contributed by atoms with E-state index in [1.807, 2.05) is 25.1 Å². The molecule has 0 radical (unpaired) electrons. The molecular weight excluding hydrogens is 300 g/mol. The summed E-state index contributed by atoms with van der Waals surface area (Å²) in [5, 5.41) is 1.21. The van der Waals surface area contributed by atoms with E-state index < -0.39 is 0 Å². The molecule has 0 spiro atoms. The topological polar surface area (TPSA) is 52.1 Å². The number of carbonyl (C=O) groups is 1. The fourth-order valence-corrected chi connectivity index (χ4v) is 2.45. The Kier molecular flexibility index (Phi) is 3.77.